The van der Waals surface area contributed by atoms with Crippen LogP contribution in [0.15, 0.2) is 36.4 Å². The second kappa shape index (κ2) is 7.93. The van der Waals surface area contributed by atoms with E-state index >= 15 is 0 Å². The van der Waals surface area contributed by atoms with E-state index in [0.717, 1.165) is 61.5 Å². The van der Waals surface area contributed by atoms with E-state index in [-0.39, 0.29) is 24.1 Å². The number of nitrogens with zero attached hydrogens (tertiary/aromatic N) is 1. The van der Waals surface area contributed by atoms with E-state index in [1.165, 1.54) is 11.1 Å². The molecule has 6 nitrogen and oxygen atoms in total. The Morgan fingerprint density at radius 2 is 1.97 bits per heavy atom. The molecule has 158 valence electrons. The number of likely N-dealkylation sites (tertiary alicyclic amines) is 1. The minimum Gasteiger partial charge on any atom is -0.497 e. The average Bonchev–Trinajstić information content (AvgIpc) is 3.11. The van der Waals surface area contributed by atoms with Gasteiger partial charge in [-0.2, -0.15) is 0 Å². The number of amides is 1. The molecule has 1 saturated heterocycles. The van der Waals surface area contributed by atoms with Crippen LogP contribution in [0, 0.1) is 0 Å². The number of anilines is 1. The highest BCUT2D eigenvalue weighted by Gasteiger charge is 2.39. The first-order valence-corrected chi connectivity index (χ1v) is 10.9. The molecule has 3 atom stereocenters. The van der Waals surface area contributed by atoms with Gasteiger partial charge in [-0.15, -0.1) is 0 Å². The van der Waals surface area contributed by atoms with Crippen LogP contribution < -0.4 is 20.5 Å². The summed E-state index contributed by atoms with van der Waals surface area (Å²) in [6.45, 7) is 1.96. The summed E-state index contributed by atoms with van der Waals surface area (Å²) in [6.07, 6.45) is 4.37. The Bertz CT molecular complexity index is 961. The van der Waals surface area contributed by atoms with Crippen LogP contribution in [0.2, 0.25) is 0 Å². The van der Waals surface area contributed by atoms with E-state index in [0.29, 0.717) is 6.42 Å². The molecule has 5 rings (SSSR count). The fourth-order valence-corrected chi connectivity index (χ4v) is 5.07. The molecule has 2 aromatic carbocycles. The molecule has 2 aliphatic heterocycles. The second-order valence-corrected chi connectivity index (χ2v) is 8.64. The molecule has 0 spiro atoms. The number of piperidine rings is 1. The van der Waals surface area contributed by atoms with Crippen molar-refractivity contribution >= 4 is 11.6 Å². The van der Waals surface area contributed by atoms with E-state index < -0.39 is 0 Å². The Balaban J connectivity index is 1.46. The van der Waals surface area contributed by atoms with E-state index in [1.54, 1.807) is 7.11 Å². The van der Waals surface area contributed by atoms with Gasteiger partial charge in [0, 0.05) is 30.3 Å². The number of methoxy groups -OCH3 is 1. The number of nitrogens with one attached hydrogen (secondary N) is 1. The zero-order chi connectivity index (χ0) is 20.7. The quantitative estimate of drug-likeness (QED) is 0.815. The largest absolute Gasteiger partial charge is 0.497 e. The minimum atomic E-state index is -0.0726. The summed E-state index contributed by atoms with van der Waals surface area (Å²) < 4.78 is 12.1. The number of fused-ring (bicyclic) bond motifs is 2. The monoisotopic (exact) mass is 407 g/mol. The predicted octanol–water partition coefficient (Wildman–Crippen LogP) is 3.05. The molecule has 0 radical (unpaired) electrons. The molecule has 0 bridgehead atoms. The number of hydrogen-bond donors (Lipinski definition) is 2. The Kier molecular flexibility index (Phi) is 5.13. The normalized spacial score (nSPS) is 25.9. The van der Waals surface area contributed by atoms with Gasteiger partial charge < -0.3 is 20.5 Å². The smallest absolute Gasteiger partial charge is 0.224 e. The number of benzene rings is 2. The first-order valence-electron chi connectivity index (χ1n) is 10.9. The fraction of sp³-hybridized carbons (Fsp3) is 0.458. The molecule has 2 aromatic rings. The lowest BCUT2D eigenvalue weighted by Crippen LogP contribution is -2.49. The third-order valence-electron chi connectivity index (χ3n) is 6.63. The molecule has 2 heterocycles. The Morgan fingerprint density at radius 1 is 1.10 bits per heavy atom. The van der Waals surface area contributed by atoms with Crippen molar-refractivity contribution in [1.29, 1.82) is 0 Å². The van der Waals surface area contributed by atoms with Crippen LogP contribution in [-0.4, -0.2) is 43.1 Å². The molecule has 1 aliphatic carbocycles. The van der Waals surface area contributed by atoms with Gasteiger partial charge in [-0.25, -0.2) is 0 Å². The number of ether oxygens (including phenoxy) is 2. The van der Waals surface area contributed by atoms with Crippen molar-refractivity contribution in [3.8, 4) is 11.5 Å². The molecular formula is C24H29N3O3. The van der Waals surface area contributed by atoms with Crippen molar-refractivity contribution in [2.24, 2.45) is 5.73 Å². The van der Waals surface area contributed by atoms with Crippen molar-refractivity contribution < 1.29 is 14.3 Å². The molecule has 3 aliphatic rings. The summed E-state index contributed by atoms with van der Waals surface area (Å²) >= 11 is 0. The lowest BCUT2D eigenvalue weighted by Gasteiger charge is -2.38. The van der Waals surface area contributed by atoms with Crippen LogP contribution >= 0.6 is 0 Å². The maximum Gasteiger partial charge on any atom is 0.224 e. The van der Waals surface area contributed by atoms with Gasteiger partial charge in [0.1, 0.15) is 17.6 Å². The van der Waals surface area contributed by atoms with Gasteiger partial charge in [-0.05, 0) is 73.7 Å². The van der Waals surface area contributed by atoms with Gasteiger partial charge in [-0.3, -0.25) is 9.69 Å². The van der Waals surface area contributed by atoms with Crippen molar-refractivity contribution in [1.82, 2.24) is 4.90 Å². The zero-order valence-electron chi connectivity index (χ0n) is 17.4. The van der Waals surface area contributed by atoms with Crippen LogP contribution in [0.4, 0.5) is 5.69 Å². The first kappa shape index (κ1) is 19.4. The van der Waals surface area contributed by atoms with Gasteiger partial charge in [-0.1, -0.05) is 6.07 Å². The minimum absolute atomic E-state index is 0.0726. The molecule has 1 amide bonds. The van der Waals surface area contributed by atoms with E-state index in [1.807, 2.05) is 18.2 Å². The number of hydrogen-bond acceptors (Lipinski definition) is 5. The molecule has 30 heavy (non-hydrogen) atoms. The molecule has 0 unspecified atom stereocenters. The van der Waals surface area contributed by atoms with Crippen molar-refractivity contribution in [3.63, 3.8) is 0 Å². The second-order valence-electron chi connectivity index (χ2n) is 8.64. The summed E-state index contributed by atoms with van der Waals surface area (Å²) in [7, 11) is 1.70. The topological polar surface area (TPSA) is 76.8 Å². The number of carbonyl (C=O) groups excluding carboxylic acids is 1. The average molecular weight is 408 g/mol. The molecule has 1 fully saturated rings. The predicted molar refractivity (Wildman–Crippen MR) is 116 cm³/mol. The molecule has 6 heteroatoms. The van der Waals surface area contributed by atoms with Gasteiger partial charge >= 0.3 is 0 Å². The van der Waals surface area contributed by atoms with Gasteiger partial charge in [0.25, 0.3) is 0 Å². The number of carbonyl (C=O) groups is 1. The van der Waals surface area contributed by atoms with E-state index in [9.17, 15) is 4.79 Å². The van der Waals surface area contributed by atoms with Gasteiger partial charge in [0.15, 0.2) is 0 Å². The maximum absolute atomic E-state index is 11.7. The lowest BCUT2D eigenvalue weighted by atomic mass is 10.0. The van der Waals surface area contributed by atoms with Crippen LogP contribution in [0.1, 0.15) is 42.1 Å². The lowest BCUT2D eigenvalue weighted by molar-refractivity contribution is -0.116. The summed E-state index contributed by atoms with van der Waals surface area (Å²) in [5.41, 5.74) is 10.8. The van der Waals surface area contributed by atoms with Crippen LogP contribution in [-0.2, 0) is 17.6 Å². The molecular weight excluding hydrogens is 378 g/mol. The summed E-state index contributed by atoms with van der Waals surface area (Å²) in [5.74, 6) is 1.78. The highest BCUT2D eigenvalue weighted by atomic mass is 16.5. The number of aryl methyl sites for hydroxylation is 1. The Hall–Kier alpha value is -2.57. The fourth-order valence-electron chi connectivity index (χ4n) is 5.07. The third kappa shape index (κ3) is 3.66. The Morgan fingerprint density at radius 3 is 2.80 bits per heavy atom. The third-order valence-corrected chi connectivity index (χ3v) is 6.63. The van der Waals surface area contributed by atoms with Crippen molar-refractivity contribution in [3.05, 3.63) is 53.1 Å². The molecule has 0 saturated carbocycles. The van der Waals surface area contributed by atoms with Crippen molar-refractivity contribution in [2.75, 3.05) is 25.5 Å². The highest BCUT2D eigenvalue weighted by Crippen LogP contribution is 2.41. The van der Waals surface area contributed by atoms with Crippen LogP contribution in [0.3, 0.4) is 0 Å². The maximum atomic E-state index is 11.7. The number of nitrogens with two attached hydrogens (primary N) is 1. The summed E-state index contributed by atoms with van der Waals surface area (Å²) in [5, 5.41) is 2.94. The zero-order valence-corrected chi connectivity index (χ0v) is 17.4. The number of rotatable bonds is 4. The standard InChI is InChI=1S/C24H29N3O3/c1-29-18-6-4-15-12-22(27-10-2-3-17(25)14-27)24(20(15)13-18)30-19-7-8-21-16(11-19)5-9-23(28)26-21/h4,6-8,11,13,17,22,24H,2-3,5,9-10,12,14,25H2,1H3,(H,26,28)/t17-,22-,24-/m1/s1. The molecule has 0 aromatic heterocycles. The SMILES string of the molecule is COc1ccc2c(c1)[C@@H](Oc1ccc3c(c1)CCC(=O)N3)[C@H](N1CCC[C@@H](N)C1)C2. The van der Waals surface area contributed by atoms with Gasteiger partial charge in [0.05, 0.1) is 13.2 Å². The Labute approximate surface area is 177 Å². The highest BCUT2D eigenvalue weighted by molar-refractivity contribution is 5.94. The first-order chi connectivity index (χ1) is 14.6. The van der Waals surface area contributed by atoms with Crippen LogP contribution in [0.25, 0.3) is 0 Å². The molecule has 3 N–H and O–H groups in total. The van der Waals surface area contributed by atoms with Crippen LogP contribution in [0.5, 0.6) is 11.5 Å². The summed E-state index contributed by atoms with van der Waals surface area (Å²) in [6, 6.07) is 12.8. The van der Waals surface area contributed by atoms with Crippen molar-refractivity contribution in [2.45, 2.75) is 50.3 Å². The van der Waals surface area contributed by atoms with E-state index in [2.05, 4.69) is 28.4 Å². The van der Waals surface area contributed by atoms with Gasteiger partial charge in [0.2, 0.25) is 5.91 Å². The van der Waals surface area contributed by atoms with E-state index in [4.69, 9.17) is 15.2 Å². The summed E-state index contributed by atoms with van der Waals surface area (Å²) in [4.78, 5) is 14.2.